The molecule has 0 aromatic carbocycles. The number of nitrogens with one attached hydrogen (secondary N) is 2. The fourth-order valence-corrected chi connectivity index (χ4v) is 4.00. The topological polar surface area (TPSA) is 54.0 Å². The highest BCUT2D eigenvalue weighted by Gasteiger charge is 2.54. The number of amides is 1. The minimum Gasteiger partial charge on any atom is -0.355 e. The van der Waals surface area contributed by atoms with Gasteiger partial charge in [-0.15, -0.1) is 0 Å². The van der Waals surface area contributed by atoms with Gasteiger partial charge in [0.15, 0.2) is 0 Å². The highest BCUT2D eigenvalue weighted by molar-refractivity contribution is 5.84. The average molecular weight is 313 g/mol. The van der Waals surface area contributed by atoms with Crippen molar-refractivity contribution in [3.05, 3.63) is 41.7 Å². The molecule has 124 valence electrons. The van der Waals surface area contributed by atoms with Crippen LogP contribution in [-0.2, 0) is 11.2 Å². The van der Waals surface area contributed by atoms with Crippen molar-refractivity contribution in [2.45, 2.75) is 58.0 Å². The van der Waals surface area contributed by atoms with E-state index in [-0.39, 0.29) is 11.3 Å². The molecule has 4 heteroatoms. The predicted octanol–water partition coefficient (Wildman–Crippen LogP) is 2.61. The Kier molecular flexibility index (Phi) is 4.81. The summed E-state index contributed by atoms with van der Waals surface area (Å²) in [6.45, 7) is 4.89. The summed E-state index contributed by atoms with van der Waals surface area (Å²) < 4.78 is 0. The lowest BCUT2D eigenvalue weighted by atomic mass is 9.70. The van der Waals surface area contributed by atoms with Gasteiger partial charge in [0.05, 0.1) is 5.41 Å². The first-order valence-corrected chi connectivity index (χ1v) is 8.67. The number of aromatic nitrogens is 1. The van der Waals surface area contributed by atoms with Gasteiger partial charge in [-0.25, -0.2) is 0 Å². The molecular weight excluding hydrogens is 286 g/mol. The van der Waals surface area contributed by atoms with Crippen LogP contribution in [0.15, 0.2) is 36.2 Å². The van der Waals surface area contributed by atoms with Gasteiger partial charge in [0.1, 0.15) is 0 Å². The molecule has 2 aliphatic rings. The third kappa shape index (κ3) is 3.47. The summed E-state index contributed by atoms with van der Waals surface area (Å²) >= 11 is 0. The summed E-state index contributed by atoms with van der Waals surface area (Å²) in [4.78, 5) is 17.1. The van der Waals surface area contributed by atoms with Crippen LogP contribution in [0, 0.1) is 5.41 Å². The van der Waals surface area contributed by atoms with Crippen molar-refractivity contribution >= 4 is 5.91 Å². The molecule has 0 unspecified atom stereocenters. The number of carbonyl (C=O) groups excluding carboxylic acids is 1. The van der Waals surface area contributed by atoms with Crippen LogP contribution in [0.4, 0.5) is 0 Å². The number of fused-ring (bicyclic) bond motifs is 2. The van der Waals surface area contributed by atoms with E-state index < -0.39 is 0 Å². The number of rotatable bonds is 6. The molecule has 1 amide bonds. The maximum atomic E-state index is 13.0. The van der Waals surface area contributed by atoms with Gasteiger partial charge >= 0.3 is 0 Å². The SMILES string of the molecule is CC(C)=CC[C@@]1(C(=O)NCCc2cccnc2)C[C@@H]2CC[C@H]1N2. The van der Waals surface area contributed by atoms with Crippen molar-refractivity contribution < 1.29 is 4.79 Å². The largest absolute Gasteiger partial charge is 0.355 e. The molecule has 4 nitrogen and oxygen atoms in total. The summed E-state index contributed by atoms with van der Waals surface area (Å²) in [5, 5.41) is 6.82. The predicted molar refractivity (Wildman–Crippen MR) is 92.0 cm³/mol. The summed E-state index contributed by atoms with van der Waals surface area (Å²) in [7, 11) is 0. The normalized spacial score (nSPS) is 28.6. The molecule has 3 atom stereocenters. The first-order chi connectivity index (χ1) is 11.1. The van der Waals surface area contributed by atoms with Gasteiger partial charge in [-0.3, -0.25) is 9.78 Å². The molecule has 0 radical (unpaired) electrons. The first kappa shape index (κ1) is 16.2. The van der Waals surface area contributed by atoms with Gasteiger partial charge in [0.2, 0.25) is 5.91 Å². The highest BCUT2D eigenvalue weighted by Crippen LogP contribution is 2.46. The number of nitrogens with zero attached hydrogens (tertiary/aromatic N) is 1. The van der Waals surface area contributed by atoms with Crippen LogP contribution < -0.4 is 10.6 Å². The first-order valence-electron chi connectivity index (χ1n) is 8.67. The molecule has 0 aliphatic carbocycles. The van der Waals surface area contributed by atoms with Gasteiger partial charge in [0, 0.05) is 31.0 Å². The zero-order chi connectivity index (χ0) is 16.3. The Bertz CT molecular complexity index is 580. The molecule has 1 aromatic rings. The van der Waals surface area contributed by atoms with Crippen molar-refractivity contribution in [2.75, 3.05) is 6.54 Å². The van der Waals surface area contributed by atoms with Crippen molar-refractivity contribution in [3.63, 3.8) is 0 Å². The second-order valence-corrected chi connectivity index (χ2v) is 7.21. The zero-order valence-corrected chi connectivity index (χ0v) is 14.1. The van der Waals surface area contributed by atoms with Crippen molar-refractivity contribution in [1.29, 1.82) is 0 Å². The summed E-state index contributed by atoms with van der Waals surface area (Å²) in [6.07, 6.45) is 10.9. The molecule has 2 bridgehead atoms. The number of allylic oxidation sites excluding steroid dienone is 2. The van der Waals surface area contributed by atoms with Crippen molar-refractivity contribution in [1.82, 2.24) is 15.6 Å². The highest BCUT2D eigenvalue weighted by atomic mass is 16.2. The fourth-order valence-electron chi connectivity index (χ4n) is 4.00. The Morgan fingerprint density at radius 2 is 2.35 bits per heavy atom. The fraction of sp³-hybridized carbons (Fsp3) is 0.579. The van der Waals surface area contributed by atoms with E-state index in [0.717, 1.165) is 31.2 Å². The van der Waals surface area contributed by atoms with Crippen LogP contribution >= 0.6 is 0 Å². The van der Waals surface area contributed by atoms with Gasteiger partial charge in [-0.1, -0.05) is 17.7 Å². The van der Waals surface area contributed by atoms with Crippen LogP contribution in [0.25, 0.3) is 0 Å². The standard InChI is InChI=1S/C19H27N3O/c1-14(2)7-9-19(12-16-5-6-17(19)22-16)18(23)21-11-8-15-4-3-10-20-13-15/h3-4,7,10,13,16-17,22H,5-6,8-9,11-12H2,1-2H3,(H,21,23)/t16-,17+,19+/m0/s1. The Labute approximate surface area is 138 Å². The van der Waals surface area contributed by atoms with E-state index >= 15 is 0 Å². The molecule has 2 aliphatic heterocycles. The Morgan fingerprint density at radius 1 is 1.48 bits per heavy atom. The lowest BCUT2D eigenvalue weighted by molar-refractivity contribution is -0.132. The molecule has 2 fully saturated rings. The number of carbonyl (C=O) groups is 1. The van der Waals surface area contributed by atoms with Crippen LogP contribution in [-0.4, -0.2) is 29.5 Å². The van der Waals surface area contributed by atoms with Gasteiger partial charge in [0.25, 0.3) is 0 Å². The Balaban J connectivity index is 1.63. The quantitative estimate of drug-likeness (QED) is 0.794. The summed E-state index contributed by atoms with van der Waals surface area (Å²) in [5.41, 5.74) is 2.20. The lowest BCUT2D eigenvalue weighted by Gasteiger charge is -2.34. The molecule has 3 heterocycles. The number of hydrogen-bond acceptors (Lipinski definition) is 3. The van der Waals surface area contributed by atoms with Crippen LogP contribution in [0.1, 0.15) is 45.1 Å². The van der Waals surface area contributed by atoms with E-state index in [0.29, 0.717) is 18.6 Å². The van der Waals surface area contributed by atoms with E-state index in [1.807, 2.05) is 12.3 Å². The molecular formula is C19H27N3O. The third-order valence-corrected chi connectivity index (χ3v) is 5.27. The van der Waals surface area contributed by atoms with Crippen LogP contribution in [0.3, 0.4) is 0 Å². The van der Waals surface area contributed by atoms with Crippen molar-refractivity contribution in [2.24, 2.45) is 5.41 Å². The molecule has 2 saturated heterocycles. The Hall–Kier alpha value is -1.68. The summed E-state index contributed by atoms with van der Waals surface area (Å²) in [6, 6.07) is 4.85. The zero-order valence-electron chi connectivity index (χ0n) is 14.1. The van der Waals surface area contributed by atoms with E-state index in [1.165, 1.54) is 12.0 Å². The maximum absolute atomic E-state index is 13.0. The van der Waals surface area contributed by atoms with Gasteiger partial charge in [-0.2, -0.15) is 0 Å². The molecule has 1 aromatic heterocycles. The monoisotopic (exact) mass is 313 g/mol. The molecule has 2 N–H and O–H groups in total. The second-order valence-electron chi connectivity index (χ2n) is 7.21. The Morgan fingerprint density at radius 3 is 2.96 bits per heavy atom. The molecule has 3 rings (SSSR count). The lowest BCUT2D eigenvalue weighted by Crippen LogP contribution is -2.48. The molecule has 0 spiro atoms. The van der Waals surface area contributed by atoms with E-state index in [1.54, 1.807) is 6.20 Å². The van der Waals surface area contributed by atoms with Crippen LogP contribution in [0.2, 0.25) is 0 Å². The average Bonchev–Trinajstić information content (AvgIpc) is 3.15. The molecule has 23 heavy (non-hydrogen) atoms. The smallest absolute Gasteiger partial charge is 0.228 e. The van der Waals surface area contributed by atoms with Crippen molar-refractivity contribution in [3.8, 4) is 0 Å². The van der Waals surface area contributed by atoms with Gasteiger partial charge in [-0.05, 0) is 57.6 Å². The van der Waals surface area contributed by atoms with Gasteiger partial charge < -0.3 is 10.6 Å². The maximum Gasteiger partial charge on any atom is 0.228 e. The minimum absolute atomic E-state index is 0.221. The van der Waals surface area contributed by atoms with E-state index in [4.69, 9.17) is 0 Å². The summed E-state index contributed by atoms with van der Waals surface area (Å²) in [5.74, 6) is 0.221. The third-order valence-electron chi connectivity index (χ3n) is 5.27. The number of pyridine rings is 1. The van der Waals surface area contributed by atoms with Crippen LogP contribution in [0.5, 0.6) is 0 Å². The molecule has 0 saturated carbocycles. The minimum atomic E-state index is -0.255. The van der Waals surface area contributed by atoms with E-state index in [2.05, 4.69) is 41.6 Å². The second kappa shape index (κ2) is 6.83. The number of hydrogen-bond donors (Lipinski definition) is 2. The van der Waals surface area contributed by atoms with E-state index in [9.17, 15) is 4.79 Å².